The number of esters is 2. The standard InChI is InChI=1S/C23H21N5O3.C20H21N5O3/c1-3-28-22(29)19(26-21-14-25-13-17-6-4-5-7-18(17)21)12-20(27-28)23(30)31-15(2)16-8-10-24-11-9-16;1-4-25-19(26)16(23-18-12-22-8-5-13(18)2)11-17(24-25)20(27)28-14(3)15-6-9-21-10-7-15/h4-15,26H,3H2,1-2H3;5-12,14,23H,4H2,1-3H3. The molecule has 0 amide bonds. The second-order valence-corrected chi connectivity index (χ2v) is 13.1. The van der Waals surface area contributed by atoms with Crippen molar-refractivity contribution in [2.24, 2.45) is 0 Å². The van der Waals surface area contributed by atoms with Crippen LogP contribution in [0, 0.1) is 6.92 Å². The zero-order chi connectivity index (χ0) is 41.9. The number of benzene rings is 1. The van der Waals surface area contributed by atoms with Crippen LogP contribution in [0.25, 0.3) is 10.8 Å². The smallest absolute Gasteiger partial charge is 0.359 e. The molecule has 0 fully saturated rings. The Kier molecular flexibility index (Phi) is 13.2. The fourth-order valence-electron chi connectivity index (χ4n) is 5.84. The van der Waals surface area contributed by atoms with Gasteiger partial charge in [0.2, 0.25) is 0 Å². The third-order valence-corrected chi connectivity index (χ3v) is 9.13. The van der Waals surface area contributed by atoms with Crippen molar-refractivity contribution in [3.8, 4) is 0 Å². The van der Waals surface area contributed by atoms with E-state index in [1.807, 2.05) is 37.3 Å². The molecule has 0 saturated carbocycles. The maximum atomic E-state index is 12.8. The van der Waals surface area contributed by atoms with Crippen LogP contribution >= 0.6 is 0 Å². The van der Waals surface area contributed by atoms with Gasteiger partial charge in [-0.05, 0) is 81.6 Å². The van der Waals surface area contributed by atoms with Crippen molar-refractivity contribution in [3.63, 3.8) is 0 Å². The van der Waals surface area contributed by atoms with E-state index in [1.165, 1.54) is 21.5 Å². The predicted molar refractivity (Wildman–Crippen MR) is 222 cm³/mol. The lowest BCUT2D eigenvalue weighted by atomic mass is 10.1. The lowest BCUT2D eigenvalue weighted by molar-refractivity contribution is 0.0318. The average molecular weight is 795 g/mol. The Balaban J connectivity index is 0.000000199. The molecular weight excluding hydrogens is 753 g/mol. The summed E-state index contributed by atoms with van der Waals surface area (Å²) in [5.74, 6) is -1.23. The molecule has 2 unspecified atom stereocenters. The van der Waals surface area contributed by atoms with E-state index in [4.69, 9.17) is 9.47 Å². The summed E-state index contributed by atoms with van der Waals surface area (Å²) < 4.78 is 13.5. The van der Waals surface area contributed by atoms with Crippen LogP contribution in [0.15, 0.2) is 126 Å². The minimum atomic E-state index is -0.620. The normalized spacial score (nSPS) is 11.7. The molecular formula is C43H42N10O6. The minimum absolute atomic E-state index is 0.0399. The summed E-state index contributed by atoms with van der Waals surface area (Å²) in [6.45, 7) is 9.62. The summed E-state index contributed by atoms with van der Waals surface area (Å²) in [5.41, 5.74) is 3.76. The molecule has 2 N–H and O–H groups in total. The number of carbonyl (C=O) groups is 2. The molecule has 0 aliphatic heterocycles. The van der Waals surface area contributed by atoms with Gasteiger partial charge in [0.25, 0.3) is 11.1 Å². The van der Waals surface area contributed by atoms with Gasteiger partial charge in [-0.1, -0.05) is 24.3 Å². The van der Waals surface area contributed by atoms with Crippen molar-refractivity contribution in [3.05, 3.63) is 165 Å². The first-order valence-corrected chi connectivity index (χ1v) is 18.8. The SMILES string of the molecule is CCn1nc(C(=O)OC(C)c2ccncc2)cc(Nc2cncc3ccccc23)c1=O.CCn1nc(C(=O)OC(C)c2ccncc2)cc(Nc2cnccc2C)c1=O. The van der Waals surface area contributed by atoms with Crippen LogP contribution in [0.5, 0.6) is 0 Å². The first kappa shape index (κ1) is 41.0. The molecule has 300 valence electrons. The molecule has 16 nitrogen and oxygen atoms in total. The van der Waals surface area contributed by atoms with Gasteiger partial charge >= 0.3 is 11.9 Å². The van der Waals surface area contributed by atoms with Gasteiger partial charge in [0.15, 0.2) is 11.4 Å². The second kappa shape index (κ2) is 19.0. The highest BCUT2D eigenvalue weighted by Gasteiger charge is 2.21. The molecule has 59 heavy (non-hydrogen) atoms. The van der Waals surface area contributed by atoms with E-state index in [1.54, 1.807) is 102 Å². The molecule has 7 aromatic rings. The van der Waals surface area contributed by atoms with E-state index in [0.29, 0.717) is 24.5 Å². The Morgan fingerprint density at radius 1 is 0.610 bits per heavy atom. The summed E-state index contributed by atoms with van der Waals surface area (Å²) in [6.07, 6.45) is 12.2. The number of hydrogen-bond donors (Lipinski definition) is 2. The molecule has 6 aromatic heterocycles. The fourth-order valence-corrected chi connectivity index (χ4v) is 5.84. The molecule has 0 aliphatic rings. The van der Waals surface area contributed by atoms with E-state index < -0.39 is 24.1 Å². The lowest BCUT2D eigenvalue weighted by Crippen LogP contribution is -2.27. The number of aromatic nitrogens is 8. The van der Waals surface area contributed by atoms with Gasteiger partial charge in [0, 0.05) is 73.2 Å². The van der Waals surface area contributed by atoms with Crippen LogP contribution in [0.4, 0.5) is 22.7 Å². The molecule has 0 saturated heterocycles. The molecule has 0 bridgehead atoms. The van der Waals surface area contributed by atoms with E-state index in [2.05, 4.69) is 40.8 Å². The topological polar surface area (TPSA) is 198 Å². The quantitative estimate of drug-likeness (QED) is 0.121. The Morgan fingerprint density at radius 3 is 1.59 bits per heavy atom. The third-order valence-electron chi connectivity index (χ3n) is 9.13. The zero-order valence-corrected chi connectivity index (χ0v) is 33.1. The first-order valence-electron chi connectivity index (χ1n) is 18.8. The number of nitrogens with one attached hydrogen (secondary N) is 2. The maximum Gasteiger partial charge on any atom is 0.359 e. The third kappa shape index (κ3) is 10.0. The summed E-state index contributed by atoms with van der Waals surface area (Å²) in [4.78, 5) is 67.0. The lowest BCUT2D eigenvalue weighted by Gasteiger charge is -2.15. The number of fused-ring (bicyclic) bond motifs is 1. The van der Waals surface area contributed by atoms with Crippen LogP contribution in [-0.2, 0) is 22.6 Å². The molecule has 7 rings (SSSR count). The van der Waals surface area contributed by atoms with Crippen molar-refractivity contribution >= 4 is 45.5 Å². The van der Waals surface area contributed by atoms with Gasteiger partial charge < -0.3 is 20.1 Å². The van der Waals surface area contributed by atoms with Crippen molar-refractivity contribution in [2.45, 2.75) is 59.9 Å². The van der Waals surface area contributed by atoms with E-state index in [0.717, 1.165) is 27.5 Å². The van der Waals surface area contributed by atoms with Crippen molar-refractivity contribution in [2.75, 3.05) is 10.6 Å². The molecule has 1 aromatic carbocycles. The number of anilines is 4. The number of hydrogen-bond acceptors (Lipinski definition) is 14. The largest absolute Gasteiger partial charge is 0.453 e. The van der Waals surface area contributed by atoms with Crippen LogP contribution in [-0.4, -0.2) is 51.4 Å². The van der Waals surface area contributed by atoms with Gasteiger partial charge in [-0.2, -0.15) is 10.2 Å². The fraction of sp³-hybridized carbons (Fsp3) is 0.209. The van der Waals surface area contributed by atoms with Gasteiger partial charge in [0.05, 0.1) is 23.8 Å². The Hall–Kier alpha value is -7.62. The molecule has 2 atom stereocenters. The van der Waals surface area contributed by atoms with Crippen LogP contribution in [0.2, 0.25) is 0 Å². The van der Waals surface area contributed by atoms with E-state index in [9.17, 15) is 19.2 Å². The summed E-state index contributed by atoms with van der Waals surface area (Å²) in [7, 11) is 0. The van der Waals surface area contributed by atoms with Crippen molar-refractivity contribution in [1.29, 1.82) is 0 Å². The zero-order valence-electron chi connectivity index (χ0n) is 33.1. The Bertz CT molecular complexity index is 2680. The maximum absolute atomic E-state index is 12.8. The van der Waals surface area contributed by atoms with E-state index in [-0.39, 0.29) is 33.9 Å². The number of aryl methyl sites for hydroxylation is 3. The van der Waals surface area contributed by atoms with Crippen LogP contribution in [0.3, 0.4) is 0 Å². The van der Waals surface area contributed by atoms with Gasteiger partial charge in [-0.3, -0.25) is 29.5 Å². The number of carbonyl (C=O) groups excluding carboxylic acids is 2. The van der Waals surface area contributed by atoms with Gasteiger partial charge in [-0.25, -0.2) is 19.0 Å². The highest BCUT2D eigenvalue weighted by atomic mass is 16.5. The summed E-state index contributed by atoms with van der Waals surface area (Å²) in [6, 6.07) is 19.5. The number of ether oxygens (including phenoxy) is 2. The van der Waals surface area contributed by atoms with Crippen LogP contribution in [0.1, 0.15) is 77.6 Å². The minimum Gasteiger partial charge on any atom is -0.453 e. The second-order valence-electron chi connectivity index (χ2n) is 13.1. The van der Waals surface area contributed by atoms with Crippen LogP contribution < -0.4 is 21.8 Å². The number of pyridine rings is 4. The highest BCUT2D eigenvalue weighted by Crippen LogP contribution is 2.25. The predicted octanol–water partition coefficient (Wildman–Crippen LogP) is 6.89. The Morgan fingerprint density at radius 2 is 1.08 bits per heavy atom. The number of nitrogens with zero attached hydrogens (tertiary/aromatic N) is 8. The van der Waals surface area contributed by atoms with Crippen molar-refractivity contribution < 1.29 is 19.1 Å². The Labute approximate surface area is 339 Å². The average Bonchev–Trinajstić information content (AvgIpc) is 3.26. The monoisotopic (exact) mass is 794 g/mol. The van der Waals surface area contributed by atoms with Gasteiger partial charge in [-0.15, -0.1) is 0 Å². The number of rotatable bonds is 12. The summed E-state index contributed by atoms with van der Waals surface area (Å²) >= 11 is 0. The first-order chi connectivity index (χ1) is 28.6. The highest BCUT2D eigenvalue weighted by molar-refractivity contribution is 5.95. The van der Waals surface area contributed by atoms with Gasteiger partial charge in [0.1, 0.15) is 23.6 Å². The molecule has 6 heterocycles. The molecule has 0 radical (unpaired) electrons. The molecule has 0 aliphatic carbocycles. The van der Waals surface area contributed by atoms with E-state index >= 15 is 0 Å². The molecule has 16 heteroatoms. The van der Waals surface area contributed by atoms with Crippen molar-refractivity contribution in [1.82, 2.24) is 39.5 Å². The molecule has 0 spiro atoms. The summed E-state index contributed by atoms with van der Waals surface area (Å²) in [5, 5.41) is 16.3.